The van der Waals surface area contributed by atoms with Crippen LogP contribution in [0, 0.1) is 0 Å². The summed E-state index contributed by atoms with van der Waals surface area (Å²) in [7, 11) is 0. The van der Waals surface area contributed by atoms with Crippen LogP contribution in [0.1, 0.15) is 5.56 Å². The molecule has 5 rings (SSSR count). The molecule has 0 saturated carbocycles. The predicted octanol–water partition coefficient (Wildman–Crippen LogP) is 1.69. The van der Waals surface area contributed by atoms with E-state index in [1.165, 1.54) is 22.0 Å². The minimum absolute atomic E-state index is 0.177. The molecular weight excluding hydrogens is 330 g/mol. The SMILES string of the molecule is O=c1/c(=C/c2ccc3c(c2)OCO3)sc2nnc(-c3ccco3)n12. The first kappa shape index (κ1) is 13.3. The van der Waals surface area contributed by atoms with Crippen molar-refractivity contribution in [3.05, 3.63) is 57.0 Å². The maximum atomic E-state index is 12.7. The van der Waals surface area contributed by atoms with Gasteiger partial charge in [0.25, 0.3) is 5.56 Å². The van der Waals surface area contributed by atoms with Crippen LogP contribution in [-0.4, -0.2) is 21.4 Å². The molecule has 8 heteroatoms. The Morgan fingerprint density at radius 2 is 2.08 bits per heavy atom. The van der Waals surface area contributed by atoms with Gasteiger partial charge in [0.05, 0.1) is 10.8 Å². The van der Waals surface area contributed by atoms with Gasteiger partial charge in [0.2, 0.25) is 17.6 Å². The molecular formula is C16H9N3O4S. The van der Waals surface area contributed by atoms with Crippen LogP contribution in [0.15, 0.2) is 45.8 Å². The van der Waals surface area contributed by atoms with E-state index >= 15 is 0 Å². The number of rotatable bonds is 2. The Kier molecular flexibility index (Phi) is 2.74. The van der Waals surface area contributed by atoms with E-state index in [9.17, 15) is 4.79 Å². The summed E-state index contributed by atoms with van der Waals surface area (Å²) in [5, 5.41) is 8.10. The van der Waals surface area contributed by atoms with Gasteiger partial charge < -0.3 is 13.9 Å². The van der Waals surface area contributed by atoms with Crippen LogP contribution in [0.25, 0.3) is 22.6 Å². The number of furan rings is 1. The third-order valence-electron chi connectivity index (χ3n) is 3.68. The van der Waals surface area contributed by atoms with E-state index in [0.717, 1.165) is 5.56 Å². The molecule has 0 fully saturated rings. The van der Waals surface area contributed by atoms with Crippen LogP contribution in [0.2, 0.25) is 0 Å². The van der Waals surface area contributed by atoms with Crippen LogP contribution in [0.5, 0.6) is 11.5 Å². The van der Waals surface area contributed by atoms with E-state index < -0.39 is 0 Å². The number of benzene rings is 1. The van der Waals surface area contributed by atoms with Gasteiger partial charge in [-0.1, -0.05) is 17.4 Å². The van der Waals surface area contributed by atoms with Crippen LogP contribution in [0.3, 0.4) is 0 Å². The third kappa shape index (κ3) is 1.93. The second-order valence-electron chi connectivity index (χ2n) is 5.15. The number of thiazole rings is 1. The summed E-state index contributed by atoms with van der Waals surface area (Å²) in [4.78, 5) is 13.2. The van der Waals surface area contributed by atoms with Gasteiger partial charge in [-0.25, -0.2) is 4.40 Å². The van der Waals surface area contributed by atoms with Crippen molar-refractivity contribution >= 4 is 22.4 Å². The lowest BCUT2D eigenvalue weighted by molar-refractivity contribution is 0.174. The van der Waals surface area contributed by atoms with Crippen LogP contribution < -0.4 is 19.6 Å². The highest BCUT2D eigenvalue weighted by molar-refractivity contribution is 7.15. The molecule has 0 unspecified atom stereocenters. The number of fused-ring (bicyclic) bond motifs is 2. The molecule has 1 aromatic carbocycles. The molecule has 4 heterocycles. The van der Waals surface area contributed by atoms with Gasteiger partial charge >= 0.3 is 0 Å². The zero-order chi connectivity index (χ0) is 16.1. The molecule has 0 radical (unpaired) electrons. The molecule has 0 atom stereocenters. The van der Waals surface area contributed by atoms with Gasteiger partial charge in [0.15, 0.2) is 17.3 Å². The number of nitrogens with zero attached hydrogens (tertiary/aromatic N) is 3. The first-order valence-electron chi connectivity index (χ1n) is 7.13. The highest BCUT2D eigenvalue weighted by Crippen LogP contribution is 2.32. The predicted molar refractivity (Wildman–Crippen MR) is 86.2 cm³/mol. The second-order valence-corrected chi connectivity index (χ2v) is 6.16. The van der Waals surface area contributed by atoms with Crippen molar-refractivity contribution in [3.8, 4) is 23.1 Å². The summed E-state index contributed by atoms with van der Waals surface area (Å²) in [5.41, 5.74) is 0.678. The summed E-state index contributed by atoms with van der Waals surface area (Å²) in [5.74, 6) is 2.30. The molecule has 3 aromatic heterocycles. The minimum atomic E-state index is -0.177. The molecule has 4 aromatic rings. The van der Waals surface area contributed by atoms with Crippen molar-refractivity contribution < 1.29 is 13.9 Å². The summed E-state index contributed by atoms with van der Waals surface area (Å²) in [6.45, 7) is 0.219. The van der Waals surface area contributed by atoms with Gasteiger partial charge in [-0.3, -0.25) is 4.79 Å². The van der Waals surface area contributed by atoms with Gasteiger partial charge in [-0.05, 0) is 35.9 Å². The van der Waals surface area contributed by atoms with Crippen molar-refractivity contribution in [1.82, 2.24) is 14.6 Å². The lowest BCUT2D eigenvalue weighted by atomic mass is 10.2. The van der Waals surface area contributed by atoms with Gasteiger partial charge in [-0.2, -0.15) is 0 Å². The average molecular weight is 339 g/mol. The molecule has 0 spiro atoms. The van der Waals surface area contributed by atoms with Gasteiger partial charge in [-0.15, -0.1) is 10.2 Å². The van der Waals surface area contributed by atoms with Gasteiger partial charge in [0.1, 0.15) is 0 Å². The van der Waals surface area contributed by atoms with Crippen molar-refractivity contribution in [2.24, 2.45) is 0 Å². The maximum Gasteiger partial charge on any atom is 0.276 e. The minimum Gasteiger partial charge on any atom is -0.461 e. The maximum absolute atomic E-state index is 12.7. The molecule has 0 N–H and O–H groups in total. The molecule has 0 aliphatic carbocycles. The van der Waals surface area contributed by atoms with E-state index in [-0.39, 0.29) is 12.4 Å². The summed E-state index contributed by atoms with van der Waals surface area (Å²) in [6, 6.07) is 9.03. The van der Waals surface area contributed by atoms with Crippen LogP contribution >= 0.6 is 11.3 Å². The largest absolute Gasteiger partial charge is 0.461 e. The topological polar surface area (TPSA) is 78.9 Å². The number of hydrogen-bond donors (Lipinski definition) is 0. The third-order valence-corrected chi connectivity index (χ3v) is 4.64. The van der Waals surface area contributed by atoms with Crippen molar-refractivity contribution in [1.29, 1.82) is 0 Å². The number of aromatic nitrogens is 3. The fourth-order valence-corrected chi connectivity index (χ4v) is 3.49. The monoisotopic (exact) mass is 339 g/mol. The molecule has 1 aliphatic rings. The molecule has 118 valence electrons. The number of ether oxygens (including phenoxy) is 2. The van der Waals surface area contributed by atoms with Crippen molar-refractivity contribution in [3.63, 3.8) is 0 Å². The van der Waals surface area contributed by atoms with E-state index in [2.05, 4.69) is 10.2 Å². The molecule has 1 aliphatic heterocycles. The summed E-state index contributed by atoms with van der Waals surface area (Å²) >= 11 is 1.28. The van der Waals surface area contributed by atoms with Crippen LogP contribution in [0.4, 0.5) is 0 Å². The molecule has 0 amide bonds. The summed E-state index contributed by atoms with van der Waals surface area (Å²) in [6.07, 6.45) is 3.34. The highest BCUT2D eigenvalue weighted by Gasteiger charge is 2.16. The average Bonchev–Trinajstić information content (AvgIpc) is 3.34. The Balaban J connectivity index is 1.68. The standard InChI is InChI=1S/C16H9N3O4S/c20-15-13(7-9-3-4-10-12(6-9)23-8-22-10)24-16-18-17-14(19(15)16)11-2-1-5-21-11/h1-7H,8H2/b13-7-. The quantitative estimate of drug-likeness (QED) is 0.553. The van der Waals surface area contributed by atoms with E-state index in [1.807, 2.05) is 18.2 Å². The van der Waals surface area contributed by atoms with Crippen LogP contribution in [-0.2, 0) is 0 Å². The molecule has 0 saturated heterocycles. The Hall–Kier alpha value is -3.13. The zero-order valence-electron chi connectivity index (χ0n) is 12.1. The van der Waals surface area contributed by atoms with Gasteiger partial charge in [0, 0.05) is 0 Å². The molecule has 7 nitrogen and oxygen atoms in total. The van der Waals surface area contributed by atoms with E-state index in [1.54, 1.807) is 18.2 Å². The second kappa shape index (κ2) is 4.93. The normalized spacial score (nSPS) is 13.9. The first-order valence-corrected chi connectivity index (χ1v) is 7.94. The fraction of sp³-hybridized carbons (Fsp3) is 0.0625. The fourth-order valence-electron chi connectivity index (χ4n) is 2.58. The highest BCUT2D eigenvalue weighted by atomic mass is 32.1. The van der Waals surface area contributed by atoms with Crippen molar-refractivity contribution in [2.75, 3.05) is 6.79 Å². The zero-order valence-corrected chi connectivity index (χ0v) is 12.9. The van der Waals surface area contributed by atoms with Crippen molar-refractivity contribution in [2.45, 2.75) is 0 Å². The Labute approximate surface area is 138 Å². The Morgan fingerprint density at radius 1 is 1.17 bits per heavy atom. The summed E-state index contributed by atoms with van der Waals surface area (Å²) < 4.78 is 18.0. The van der Waals surface area contributed by atoms with E-state index in [0.29, 0.717) is 32.6 Å². The Bertz CT molecular complexity index is 1160. The lowest BCUT2D eigenvalue weighted by Crippen LogP contribution is -2.23. The lowest BCUT2D eigenvalue weighted by Gasteiger charge is -1.96. The Morgan fingerprint density at radius 3 is 2.96 bits per heavy atom. The smallest absolute Gasteiger partial charge is 0.276 e. The molecule has 0 bridgehead atoms. The first-order chi connectivity index (χ1) is 11.8. The number of hydrogen-bond acceptors (Lipinski definition) is 7. The molecule has 24 heavy (non-hydrogen) atoms. The van der Waals surface area contributed by atoms with E-state index in [4.69, 9.17) is 13.9 Å².